The number of fused-ring (bicyclic) bond motifs is 1. The van der Waals surface area contributed by atoms with Gasteiger partial charge in [-0.25, -0.2) is 9.78 Å². The van der Waals surface area contributed by atoms with E-state index in [1.807, 2.05) is 0 Å². The van der Waals surface area contributed by atoms with Crippen molar-refractivity contribution in [1.82, 2.24) is 4.98 Å². The number of esters is 1. The number of hydrogen-bond acceptors (Lipinski definition) is 9. The second kappa shape index (κ2) is 12.0. The van der Waals surface area contributed by atoms with Crippen molar-refractivity contribution in [3.8, 4) is 11.5 Å². The molecule has 184 valence electrons. The summed E-state index contributed by atoms with van der Waals surface area (Å²) in [4.78, 5) is 27.2. The van der Waals surface area contributed by atoms with Crippen LogP contribution < -0.4 is 9.47 Å². The zero-order valence-corrected chi connectivity index (χ0v) is 20.4. The molecule has 4 aromatic rings. The molecule has 0 amide bonds. The zero-order valence-electron chi connectivity index (χ0n) is 19.6. The summed E-state index contributed by atoms with van der Waals surface area (Å²) < 4.78 is 11.8. The van der Waals surface area contributed by atoms with Crippen LogP contribution in [0.15, 0.2) is 77.0 Å². The summed E-state index contributed by atoms with van der Waals surface area (Å²) in [5.41, 5.74) is 1.59. The monoisotopic (exact) mass is 504 g/mol. The molecule has 10 heteroatoms. The fourth-order valence-corrected chi connectivity index (χ4v) is 4.13. The summed E-state index contributed by atoms with van der Waals surface area (Å²) in [5.74, 6) is 0.633. The SMILES string of the molecule is CCCCCCOc1ccc(C(=O)Oc2ccc(N=Nc3nc4ccc([N+](=O)[O-])cc4s3)cc2)cc1. The largest absolute Gasteiger partial charge is 0.494 e. The molecule has 0 spiro atoms. The van der Waals surface area contributed by atoms with Gasteiger partial charge in [0.15, 0.2) is 0 Å². The second-order valence-corrected chi connectivity index (χ2v) is 8.93. The lowest BCUT2D eigenvalue weighted by molar-refractivity contribution is -0.384. The van der Waals surface area contributed by atoms with Gasteiger partial charge in [-0.05, 0) is 61.0 Å². The lowest BCUT2D eigenvalue weighted by atomic mass is 10.2. The maximum absolute atomic E-state index is 12.5. The van der Waals surface area contributed by atoms with Crippen LogP contribution in [0.25, 0.3) is 10.2 Å². The van der Waals surface area contributed by atoms with E-state index >= 15 is 0 Å². The van der Waals surface area contributed by atoms with Crippen LogP contribution in [0, 0.1) is 10.1 Å². The van der Waals surface area contributed by atoms with E-state index in [4.69, 9.17) is 9.47 Å². The number of nitrogens with zero attached hydrogens (tertiary/aromatic N) is 4. The number of nitro benzene ring substituents is 1. The Bertz CT molecular complexity index is 1370. The van der Waals surface area contributed by atoms with Crippen molar-refractivity contribution < 1.29 is 19.2 Å². The predicted molar refractivity (Wildman–Crippen MR) is 138 cm³/mol. The Labute approximate surface area is 211 Å². The highest BCUT2D eigenvalue weighted by Gasteiger charge is 2.11. The molecule has 0 aliphatic carbocycles. The van der Waals surface area contributed by atoms with Gasteiger partial charge in [0, 0.05) is 12.1 Å². The number of thiazole rings is 1. The van der Waals surface area contributed by atoms with Crippen LogP contribution in [-0.4, -0.2) is 22.5 Å². The molecule has 0 bridgehead atoms. The maximum Gasteiger partial charge on any atom is 0.343 e. The van der Waals surface area contributed by atoms with Crippen LogP contribution in [0.2, 0.25) is 0 Å². The third kappa shape index (κ3) is 6.70. The molecule has 36 heavy (non-hydrogen) atoms. The third-order valence-electron chi connectivity index (χ3n) is 5.23. The van der Waals surface area contributed by atoms with E-state index in [9.17, 15) is 14.9 Å². The molecule has 4 rings (SSSR count). The van der Waals surface area contributed by atoms with E-state index in [2.05, 4.69) is 22.1 Å². The van der Waals surface area contributed by atoms with E-state index in [0.29, 0.717) is 39.0 Å². The molecule has 0 aliphatic heterocycles. The summed E-state index contributed by atoms with van der Waals surface area (Å²) in [7, 11) is 0. The number of non-ortho nitro benzene ring substituents is 1. The van der Waals surface area contributed by atoms with E-state index in [1.54, 1.807) is 54.6 Å². The first kappa shape index (κ1) is 24.9. The first-order valence-corrected chi connectivity index (χ1v) is 12.4. The lowest BCUT2D eigenvalue weighted by Gasteiger charge is -2.07. The zero-order chi connectivity index (χ0) is 25.3. The molecular formula is C26H24N4O5S. The molecule has 3 aromatic carbocycles. The molecule has 0 atom stereocenters. The number of azo groups is 1. The van der Waals surface area contributed by atoms with Crippen molar-refractivity contribution in [3.05, 3.63) is 82.4 Å². The molecule has 0 N–H and O–H groups in total. The van der Waals surface area contributed by atoms with Crippen molar-refractivity contribution in [1.29, 1.82) is 0 Å². The summed E-state index contributed by atoms with van der Waals surface area (Å²) >= 11 is 1.21. The van der Waals surface area contributed by atoms with Crippen LogP contribution in [-0.2, 0) is 0 Å². The Kier molecular flexibility index (Phi) is 8.30. The average Bonchev–Trinajstić information content (AvgIpc) is 3.31. The van der Waals surface area contributed by atoms with Gasteiger partial charge in [-0.1, -0.05) is 37.5 Å². The van der Waals surface area contributed by atoms with Gasteiger partial charge >= 0.3 is 5.97 Å². The van der Waals surface area contributed by atoms with Gasteiger partial charge < -0.3 is 9.47 Å². The summed E-state index contributed by atoms with van der Waals surface area (Å²) in [6.07, 6.45) is 4.55. The molecule has 9 nitrogen and oxygen atoms in total. The van der Waals surface area contributed by atoms with Gasteiger partial charge in [0.1, 0.15) is 11.5 Å². The molecule has 0 radical (unpaired) electrons. The number of benzene rings is 3. The number of nitro groups is 1. The summed E-state index contributed by atoms with van der Waals surface area (Å²) in [6.45, 7) is 2.83. The topological polar surface area (TPSA) is 116 Å². The quantitative estimate of drug-likeness (QED) is 0.0514. The maximum atomic E-state index is 12.5. The minimum absolute atomic E-state index is 0.00172. The first-order chi connectivity index (χ1) is 17.5. The fraction of sp³-hybridized carbons (Fsp3) is 0.231. The number of unbranched alkanes of at least 4 members (excludes halogenated alkanes) is 3. The third-order valence-corrected chi connectivity index (χ3v) is 6.13. The first-order valence-electron chi connectivity index (χ1n) is 11.5. The van der Waals surface area contributed by atoms with E-state index < -0.39 is 10.9 Å². The predicted octanol–water partition coefficient (Wildman–Crippen LogP) is 7.80. The van der Waals surface area contributed by atoms with Crippen LogP contribution in [0.3, 0.4) is 0 Å². The van der Waals surface area contributed by atoms with Gasteiger partial charge in [0.2, 0.25) is 5.13 Å². The number of rotatable bonds is 11. The summed E-state index contributed by atoms with van der Waals surface area (Å²) in [5, 5.41) is 19.6. The molecule has 0 fully saturated rings. The van der Waals surface area contributed by atoms with Crippen LogP contribution in [0.5, 0.6) is 11.5 Å². The number of aromatic nitrogens is 1. The number of carbonyl (C=O) groups is 1. The standard InChI is InChI=1S/C26H24N4O5S/c1-2-3-4-5-16-34-21-11-6-18(7-12-21)25(31)35-22-13-8-19(9-14-22)28-29-26-27-23-15-10-20(30(32)33)17-24(23)36-26/h6-15,17H,2-5,16H2,1H3. The van der Waals surface area contributed by atoms with Gasteiger partial charge in [0.05, 0.1) is 33.0 Å². The van der Waals surface area contributed by atoms with Crippen LogP contribution in [0.1, 0.15) is 43.0 Å². The smallest absolute Gasteiger partial charge is 0.343 e. The van der Waals surface area contributed by atoms with Crippen molar-refractivity contribution in [2.75, 3.05) is 6.61 Å². The summed E-state index contributed by atoms with van der Waals surface area (Å²) in [6, 6.07) is 17.9. The second-order valence-electron chi connectivity index (χ2n) is 7.92. The van der Waals surface area contributed by atoms with Crippen LogP contribution >= 0.6 is 11.3 Å². The number of ether oxygens (including phenoxy) is 2. The van der Waals surface area contributed by atoms with Crippen LogP contribution in [0.4, 0.5) is 16.5 Å². The van der Waals surface area contributed by atoms with Gasteiger partial charge in [-0.3, -0.25) is 10.1 Å². The molecule has 0 aliphatic rings. The van der Waals surface area contributed by atoms with E-state index in [-0.39, 0.29) is 5.69 Å². The van der Waals surface area contributed by atoms with Crippen molar-refractivity contribution in [3.63, 3.8) is 0 Å². The van der Waals surface area contributed by atoms with Gasteiger partial charge in [-0.2, -0.15) is 0 Å². The minimum atomic E-state index is -0.470. The molecule has 0 saturated carbocycles. The Hall–Kier alpha value is -4.18. The van der Waals surface area contributed by atoms with Crippen molar-refractivity contribution >= 4 is 44.0 Å². The number of carbonyl (C=O) groups excluding carboxylic acids is 1. The fourth-order valence-electron chi connectivity index (χ4n) is 3.31. The van der Waals surface area contributed by atoms with E-state index in [1.165, 1.54) is 36.3 Å². The number of hydrogen-bond donors (Lipinski definition) is 0. The highest BCUT2D eigenvalue weighted by molar-refractivity contribution is 7.21. The molecule has 0 unspecified atom stereocenters. The van der Waals surface area contributed by atoms with Gasteiger partial charge in [-0.15, -0.1) is 10.2 Å². The Morgan fingerprint density at radius 2 is 1.72 bits per heavy atom. The van der Waals surface area contributed by atoms with Crippen molar-refractivity contribution in [2.45, 2.75) is 32.6 Å². The highest BCUT2D eigenvalue weighted by Crippen LogP contribution is 2.32. The normalized spacial score (nSPS) is 11.1. The van der Waals surface area contributed by atoms with Gasteiger partial charge in [0.25, 0.3) is 5.69 Å². The Balaban J connectivity index is 1.31. The molecular weight excluding hydrogens is 480 g/mol. The molecule has 1 aromatic heterocycles. The molecule has 1 heterocycles. The van der Waals surface area contributed by atoms with Crippen molar-refractivity contribution in [2.24, 2.45) is 10.2 Å². The highest BCUT2D eigenvalue weighted by atomic mass is 32.1. The Morgan fingerprint density at radius 1 is 0.972 bits per heavy atom. The lowest BCUT2D eigenvalue weighted by Crippen LogP contribution is -2.08. The average molecular weight is 505 g/mol. The van der Waals surface area contributed by atoms with E-state index in [0.717, 1.165) is 18.6 Å². The minimum Gasteiger partial charge on any atom is -0.494 e. The Morgan fingerprint density at radius 3 is 2.44 bits per heavy atom. The molecule has 0 saturated heterocycles.